The van der Waals surface area contributed by atoms with Gasteiger partial charge >= 0.3 is 0 Å². The smallest absolute Gasteiger partial charge is 0.261 e. The first-order chi connectivity index (χ1) is 14.4. The van der Waals surface area contributed by atoms with Crippen molar-refractivity contribution in [1.29, 1.82) is 0 Å². The standard InChI is InChI=1S/C22H23N3O3S2/c1-3-28-19-12-8-17(9-13-19)23-22(29)24-18-10-14-20(15-11-18)30(26,27)25-21-7-5-4-6-16(21)2/h4-15,25H,3H2,1-2H3,(H2,23,24,29). The Balaban J connectivity index is 1.62. The van der Waals surface area contributed by atoms with Crippen molar-refractivity contribution >= 4 is 44.4 Å². The lowest BCUT2D eigenvalue weighted by Crippen LogP contribution is -2.19. The third kappa shape index (κ3) is 5.71. The van der Waals surface area contributed by atoms with Gasteiger partial charge in [-0.25, -0.2) is 8.42 Å². The maximum atomic E-state index is 12.6. The highest BCUT2D eigenvalue weighted by Gasteiger charge is 2.15. The van der Waals surface area contributed by atoms with E-state index < -0.39 is 10.0 Å². The van der Waals surface area contributed by atoms with Gasteiger partial charge in [-0.2, -0.15) is 0 Å². The molecule has 0 saturated heterocycles. The Morgan fingerprint density at radius 1 is 0.900 bits per heavy atom. The number of aryl methyl sites for hydroxylation is 1. The molecule has 0 aliphatic carbocycles. The Bertz CT molecular complexity index is 1110. The molecule has 0 unspecified atom stereocenters. The largest absolute Gasteiger partial charge is 0.494 e. The molecule has 0 heterocycles. The number of hydrogen-bond donors (Lipinski definition) is 3. The molecule has 6 nitrogen and oxygen atoms in total. The number of thiocarbonyl (C=S) groups is 1. The topological polar surface area (TPSA) is 79.5 Å². The highest BCUT2D eigenvalue weighted by atomic mass is 32.2. The van der Waals surface area contributed by atoms with Gasteiger partial charge in [0.1, 0.15) is 5.75 Å². The predicted octanol–water partition coefficient (Wildman–Crippen LogP) is 5.00. The Morgan fingerprint density at radius 2 is 1.47 bits per heavy atom. The summed E-state index contributed by atoms with van der Waals surface area (Å²) in [6.07, 6.45) is 0. The van der Waals surface area contributed by atoms with Crippen LogP contribution in [0.1, 0.15) is 12.5 Å². The van der Waals surface area contributed by atoms with Gasteiger partial charge in [0.15, 0.2) is 5.11 Å². The van der Waals surface area contributed by atoms with Gasteiger partial charge < -0.3 is 15.4 Å². The third-order valence-corrected chi connectivity index (χ3v) is 5.82. The molecule has 0 fully saturated rings. The van der Waals surface area contributed by atoms with Crippen molar-refractivity contribution in [3.63, 3.8) is 0 Å². The number of nitrogens with one attached hydrogen (secondary N) is 3. The number of rotatable bonds is 7. The molecule has 3 aromatic carbocycles. The zero-order chi connectivity index (χ0) is 21.6. The first-order valence-corrected chi connectivity index (χ1v) is 11.3. The summed E-state index contributed by atoms with van der Waals surface area (Å²) in [4.78, 5) is 0.168. The zero-order valence-electron chi connectivity index (χ0n) is 16.7. The second kappa shape index (κ2) is 9.60. The van der Waals surface area contributed by atoms with E-state index in [0.29, 0.717) is 23.1 Å². The molecule has 30 heavy (non-hydrogen) atoms. The van der Waals surface area contributed by atoms with Crippen LogP contribution in [0.15, 0.2) is 77.7 Å². The van der Waals surface area contributed by atoms with Crippen LogP contribution in [0.5, 0.6) is 5.75 Å². The first-order valence-electron chi connectivity index (χ1n) is 9.37. The molecule has 0 saturated carbocycles. The fourth-order valence-electron chi connectivity index (χ4n) is 2.70. The molecule has 0 amide bonds. The Kier molecular flexibility index (Phi) is 6.91. The fraction of sp³-hybridized carbons (Fsp3) is 0.136. The van der Waals surface area contributed by atoms with Crippen molar-refractivity contribution < 1.29 is 13.2 Å². The summed E-state index contributed by atoms with van der Waals surface area (Å²) < 4.78 is 33.3. The molecule has 0 atom stereocenters. The summed E-state index contributed by atoms with van der Waals surface area (Å²) in [5.74, 6) is 0.790. The molecule has 3 aromatic rings. The fourth-order valence-corrected chi connectivity index (χ4v) is 4.07. The summed E-state index contributed by atoms with van der Waals surface area (Å²) in [5.41, 5.74) is 2.90. The van der Waals surface area contributed by atoms with Crippen LogP contribution in [0.2, 0.25) is 0 Å². The lowest BCUT2D eigenvalue weighted by molar-refractivity contribution is 0.340. The third-order valence-electron chi connectivity index (χ3n) is 4.24. The van der Waals surface area contributed by atoms with E-state index in [9.17, 15) is 8.42 Å². The molecule has 3 rings (SSSR count). The molecule has 8 heteroatoms. The Morgan fingerprint density at radius 3 is 2.03 bits per heavy atom. The molecule has 0 radical (unpaired) electrons. The van der Waals surface area contributed by atoms with Crippen LogP contribution in [0.4, 0.5) is 17.1 Å². The minimum atomic E-state index is -3.68. The molecule has 0 aliphatic heterocycles. The van der Waals surface area contributed by atoms with Crippen molar-refractivity contribution in [1.82, 2.24) is 0 Å². The molecular formula is C22H23N3O3S2. The number of benzene rings is 3. The number of anilines is 3. The number of para-hydroxylation sites is 1. The van der Waals surface area contributed by atoms with Crippen LogP contribution in [-0.4, -0.2) is 20.1 Å². The van der Waals surface area contributed by atoms with E-state index in [1.165, 1.54) is 12.1 Å². The lowest BCUT2D eigenvalue weighted by atomic mass is 10.2. The second-order valence-electron chi connectivity index (χ2n) is 6.48. The number of sulfonamides is 1. The van der Waals surface area contributed by atoms with Crippen LogP contribution in [-0.2, 0) is 10.0 Å². The average Bonchev–Trinajstić information content (AvgIpc) is 2.72. The van der Waals surface area contributed by atoms with E-state index in [1.54, 1.807) is 24.3 Å². The second-order valence-corrected chi connectivity index (χ2v) is 8.57. The highest BCUT2D eigenvalue weighted by Crippen LogP contribution is 2.21. The van der Waals surface area contributed by atoms with Crippen molar-refractivity contribution in [3.05, 3.63) is 78.4 Å². The normalized spacial score (nSPS) is 10.9. The van der Waals surface area contributed by atoms with E-state index in [-0.39, 0.29) is 4.90 Å². The van der Waals surface area contributed by atoms with Crippen molar-refractivity contribution in [2.24, 2.45) is 0 Å². The van der Waals surface area contributed by atoms with Crippen LogP contribution < -0.4 is 20.1 Å². The van der Waals surface area contributed by atoms with Crippen LogP contribution in [0.25, 0.3) is 0 Å². The summed E-state index contributed by atoms with van der Waals surface area (Å²) >= 11 is 5.33. The molecule has 0 bridgehead atoms. The summed E-state index contributed by atoms with van der Waals surface area (Å²) in [7, 11) is -3.68. The van der Waals surface area contributed by atoms with Gasteiger partial charge in [-0.15, -0.1) is 0 Å². The Labute approximate surface area is 182 Å². The zero-order valence-corrected chi connectivity index (χ0v) is 18.3. The Hall–Kier alpha value is -3.10. The highest BCUT2D eigenvalue weighted by molar-refractivity contribution is 7.92. The summed E-state index contributed by atoms with van der Waals surface area (Å²) in [6, 6.07) is 21.1. The van der Waals surface area contributed by atoms with Crippen LogP contribution in [0, 0.1) is 6.92 Å². The maximum absolute atomic E-state index is 12.6. The van der Waals surface area contributed by atoms with Gasteiger partial charge in [-0.3, -0.25) is 4.72 Å². The van der Waals surface area contributed by atoms with Gasteiger partial charge in [0.05, 0.1) is 17.2 Å². The quantitative estimate of drug-likeness (QED) is 0.448. The number of hydrogen-bond acceptors (Lipinski definition) is 4. The molecule has 0 spiro atoms. The summed E-state index contributed by atoms with van der Waals surface area (Å²) in [5, 5.41) is 6.52. The van der Waals surface area contributed by atoms with E-state index in [4.69, 9.17) is 17.0 Å². The van der Waals surface area contributed by atoms with Gasteiger partial charge in [-0.05, 0) is 86.2 Å². The molecule has 156 valence electrons. The first kappa shape index (κ1) is 21.6. The number of ether oxygens (including phenoxy) is 1. The van der Waals surface area contributed by atoms with E-state index in [1.807, 2.05) is 50.2 Å². The predicted molar refractivity (Wildman–Crippen MR) is 126 cm³/mol. The van der Waals surface area contributed by atoms with Crippen LogP contribution >= 0.6 is 12.2 Å². The average molecular weight is 442 g/mol. The van der Waals surface area contributed by atoms with Crippen molar-refractivity contribution in [2.75, 3.05) is 22.0 Å². The summed E-state index contributed by atoms with van der Waals surface area (Å²) in [6.45, 7) is 4.39. The van der Waals surface area contributed by atoms with E-state index >= 15 is 0 Å². The molecular weight excluding hydrogens is 418 g/mol. The van der Waals surface area contributed by atoms with Gasteiger partial charge in [0, 0.05) is 11.4 Å². The SMILES string of the molecule is CCOc1ccc(NC(=S)Nc2ccc(S(=O)(=O)Nc3ccccc3C)cc2)cc1. The van der Waals surface area contributed by atoms with Crippen molar-refractivity contribution in [3.8, 4) is 5.75 Å². The van der Waals surface area contributed by atoms with Gasteiger partial charge in [0.25, 0.3) is 10.0 Å². The molecule has 0 aromatic heterocycles. The lowest BCUT2D eigenvalue weighted by Gasteiger charge is -2.13. The van der Waals surface area contributed by atoms with Crippen LogP contribution in [0.3, 0.4) is 0 Å². The monoisotopic (exact) mass is 441 g/mol. The van der Waals surface area contributed by atoms with E-state index in [2.05, 4.69) is 15.4 Å². The van der Waals surface area contributed by atoms with E-state index in [0.717, 1.165) is 17.0 Å². The minimum Gasteiger partial charge on any atom is -0.494 e. The molecule has 3 N–H and O–H groups in total. The minimum absolute atomic E-state index is 0.168. The van der Waals surface area contributed by atoms with Crippen molar-refractivity contribution in [2.45, 2.75) is 18.7 Å². The van der Waals surface area contributed by atoms with Gasteiger partial charge in [0.2, 0.25) is 0 Å². The van der Waals surface area contributed by atoms with Gasteiger partial charge in [-0.1, -0.05) is 18.2 Å². The maximum Gasteiger partial charge on any atom is 0.261 e. The molecule has 0 aliphatic rings.